The summed E-state index contributed by atoms with van der Waals surface area (Å²) in [6, 6.07) is 13.0. The zero-order chi connectivity index (χ0) is 17.7. The molecule has 0 fully saturated rings. The molecule has 0 saturated heterocycles. The molecule has 0 aliphatic carbocycles. The summed E-state index contributed by atoms with van der Waals surface area (Å²) in [5, 5.41) is 0. The fourth-order valence-electron chi connectivity index (χ4n) is 3.78. The smallest absolute Gasteiger partial charge is 0.212 e. The maximum Gasteiger partial charge on any atom is 0.212 e. The van der Waals surface area contributed by atoms with Gasteiger partial charge in [0.15, 0.2) is 6.20 Å². The Labute approximate surface area is 148 Å². The number of fused-ring (bicyclic) bond motifs is 3. The molecular weight excluding hydrogens is 306 g/mol. The molecule has 0 N–H and O–H groups in total. The van der Waals surface area contributed by atoms with Crippen LogP contribution in [0, 0.1) is 13.8 Å². The first-order chi connectivity index (χ1) is 12.0. The van der Waals surface area contributed by atoms with Crippen LogP contribution in [-0.2, 0) is 7.05 Å². The second-order valence-electron chi connectivity index (χ2n) is 7.26. The molecule has 0 aliphatic heterocycles. The van der Waals surface area contributed by atoms with Gasteiger partial charge >= 0.3 is 0 Å². The molecule has 0 unspecified atom stereocenters. The van der Waals surface area contributed by atoms with E-state index in [-0.39, 0.29) is 0 Å². The van der Waals surface area contributed by atoms with Crippen LogP contribution >= 0.6 is 0 Å². The summed E-state index contributed by atoms with van der Waals surface area (Å²) in [4.78, 5) is 4.75. The minimum Gasteiger partial charge on any atom is -0.300 e. The predicted molar refractivity (Wildman–Crippen MR) is 103 cm³/mol. The molecule has 3 aromatic heterocycles. The molecule has 3 heteroatoms. The van der Waals surface area contributed by atoms with Crippen LogP contribution in [0.4, 0.5) is 0 Å². The van der Waals surface area contributed by atoms with Crippen LogP contribution < -0.4 is 4.57 Å². The number of pyridine rings is 2. The van der Waals surface area contributed by atoms with Gasteiger partial charge in [0.25, 0.3) is 0 Å². The number of hydrogen-bond donors (Lipinski definition) is 0. The number of rotatable bonds is 2. The van der Waals surface area contributed by atoms with Crippen LogP contribution in [0.2, 0.25) is 0 Å². The minimum atomic E-state index is 0.514. The second-order valence-corrected chi connectivity index (χ2v) is 7.26. The number of benzene rings is 1. The molecule has 0 spiro atoms. The molecule has 0 atom stereocenters. The predicted octanol–water partition coefficient (Wildman–Crippen LogP) is 4.72. The van der Waals surface area contributed by atoms with Gasteiger partial charge in [0.05, 0.1) is 16.6 Å². The van der Waals surface area contributed by atoms with Crippen molar-refractivity contribution in [3.63, 3.8) is 0 Å². The normalized spacial score (nSPS) is 11.8. The number of imidazole rings is 1. The third-order valence-corrected chi connectivity index (χ3v) is 5.07. The van der Waals surface area contributed by atoms with Crippen LogP contribution in [0.3, 0.4) is 0 Å². The maximum atomic E-state index is 4.75. The molecule has 0 bridgehead atoms. The van der Waals surface area contributed by atoms with Gasteiger partial charge in [0, 0.05) is 17.8 Å². The van der Waals surface area contributed by atoms with Gasteiger partial charge in [-0.05, 0) is 55.2 Å². The molecule has 1 aromatic carbocycles. The van der Waals surface area contributed by atoms with Crippen LogP contribution in [0.15, 0.2) is 48.8 Å². The van der Waals surface area contributed by atoms with Crippen LogP contribution in [0.5, 0.6) is 0 Å². The van der Waals surface area contributed by atoms with Gasteiger partial charge in [-0.2, -0.15) is 0 Å². The van der Waals surface area contributed by atoms with Gasteiger partial charge in [-0.3, -0.25) is 4.40 Å². The Kier molecular flexibility index (Phi) is 3.60. The van der Waals surface area contributed by atoms with E-state index in [2.05, 4.69) is 86.4 Å². The monoisotopic (exact) mass is 330 g/mol. The van der Waals surface area contributed by atoms with Crippen molar-refractivity contribution < 1.29 is 4.57 Å². The van der Waals surface area contributed by atoms with E-state index in [4.69, 9.17) is 4.98 Å². The van der Waals surface area contributed by atoms with Crippen molar-refractivity contribution >= 4 is 16.7 Å². The van der Waals surface area contributed by atoms with E-state index in [0.717, 1.165) is 16.7 Å². The standard InChI is InChI=1S/C22H24N3/c1-14(2)17-11-20(24(5)13-16(17)4)18-12-21-19(10-15(18)3)23-22-8-6-7-9-25(21)22/h6-14H,1-5H3/q+1. The van der Waals surface area contributed by atoms with E-state index < -0.39 is 0 Å². The first kappa shape index (κ1) is 15.8. The summed E-state index contributed by atoms with van der Waals surface area (Å²) in [5.41, 5.74) is 9.71. The van der Waals surface area contributed by atoms with Crippen LogP contribution in [0.25, 0.3) is 27.9 Å². The molecule has 3 nitrogen and oxygen atoms in total. The Morgan fingerprint density at radius 2 is 1.84 bits per heavy atom. The Hall–Kier alpha value is -2.68. The highest BCUT2D eigenvalue weighted by molar-refractivity contribution is 5.86. The first-order valence-corrected chi connectivity index (χ1v) is 8.83. The van der Waals surface area contributed by atoms with Crippen molar-refractivity contribution in [1.29, 1.82) is 0 Å². The molecule has 25 heavy (non-hydrogen) atoms. The van der Waals surface area contributed by atoms with Crippen molar-refractivity contribution in [3.05, 3.63) is 65.5 Å². The highest BCUT2D eigenvalue weighted by atomic mass is 15.0. The molecule has 3 heterocycles. The lowest BCUT2D eigenvalue weighted by Gasteiger charge is -2.12. The quantitative estimate of drug-likeness (QED) is 0.487. The summed E-state index contributed by atoms with van der Waals surface area (Å²) in [5.74, 6) is 0.514. The number of aryl methyl sites for hydroxylation is 3. The van der Waals surface area contributed by atoms with Gasteiger partial charge in [-0.15, -0.1) is 0 Å². The molecule has 0 radical (unpaired) electrons. The summed E-state index contributed by atoms with van der Waals surface area (Å²) >= 11 is 0. The summed E-state index contributed by atoms with van der Waals surface area (Å²) in [6.45, 7) is 8.88. The fourth-order valence-corrected chi connectivity index (χ4v) is 3.78. The second kappa shape index (κ2) is 5.69. The molecule has 0 amide bonds. The summed E-state index contributed by atoms with van der Waals surface area (Å²) in [7, 11) is 2.13. The fraction of sp³-hybridized carbons (Fsp3) is 0.273. The van der Waals surface area contributed by atoms with Crippen LogP contribution in [-0.4, -0.2) is 9.38 Å². The molecular formula is C22H24N3+. The van der Waals surface area contributed by atoms with E-state index in [0.29, 0.717) is 5.92 Å². The largest absolute Gasteiger partial charge is 0.300 e. The van der Waals surface area contributed by atoms with Crippen molar-refractivity contribution in [2.75, 3.05) is 0 Å². The third-order valence-electron chi connectivity index (χ3n) is 5.07. The Morgan fingerprint density at radius 3 is 2.60 bits per heavy atom. The van der Waals surface area contributed by atoms with Gasteiger partial charge < -0.3 is 0 Å². The Bertz CT molecular complexity index is 1100. The maximum absolute atomic E-state index is 4.75. The Morgan fingerprint density at radius 1 is 1.04 bits per heavy atom. The van der Waals surface area contributed by atoms with Gasteiger partial charge in [0.2, 0.25) is 5.69 Å². The first-order valence-electron chi connectivity index (χ1n) is 8.83. The lowest BCUT2D eigenvalue weighted by Crippen LogP contribution is -2.32. The van der Waals surface area contributed by atoms with Gasteiger partial charge in [0.1, 0.15) is 12.7 Å². The van der Waals surface area contributed by atoms with Crippen LogP contribution in [0.1, 0.15) is 36.5 Å². The van der Waals surface area contributed by atoms with Crippen molar-refractivity contribution in [2.45, 2.75) is 33.6 Å². The van der Waals surface area contributed by atoms with Crippen molar-refractivity contribution in [1.82, 2.24) is 9.38 Å². The van der Waals surface area contributed by atoms with Crippen molar-refractivity contribution in [2.24, 2.45) is 7.05 Å². The van der Waals surface area contributed by atoms with Gasteiger partial charge in [-0.1, -0.05) is 19.9 Å². The van der Waals surface area contributed by atoms with E-state index in [1.807, 2.05) is 6.07 Å². The third kappa shape index (κ3) is 2.51. The van der Waals surface area contributed by atoms with E-state index >= 15 is 0 Å². The van der Waals surface area contributed by atoms with E-state index in [1.165, 1.54) is 27.9 Å². The SMILES string of the molecule is Cc1cc2nc3ccccn3c2cc1-c1cc(C(C)C)c(C)c[n+]1C. The average Bonchev–Trinajstić information content (AvgIpc) is 2.91. The number of nitrogens with zero attached hydrogens (tertiary/aromatic N) is 3. The van der Waals surface area contributed by atoms with E-state index in [9.17, 15) is 0 Å². The van der Waals surface area contributed by atoms with E-state index in [1.54, 1.807) is 0 Å². The van der Waals surface area contributed by atoms with Crippen molar-refractivity contribution in [3.8, 4) is 11.3 Å². The molecule has 0 aliphatic rings. The topological polar surface area (TPSA) is 21.2 Å². The molecule has 126 valence electrons. The minimum absolute atomic E-state index is 0.514. The lowest BCUT2D eigenvalue weighted by atomic mass is 9.95. The highest BCUT2D eigenvalue weighted by Gasteiger charge is 2.19. The summed E-state index contributed by atoms with van der Waals surface area (Å²) < 4.78 is 4.40. The number of hydrogen-bond acceptors (Lipinski definition) is 1. The molecule has 0 saturated carbocycles. The molecule has 4 rings (SSSR count). The average molecular weight is 330 g/mol. The zero-order valence-corrected chi connectivity index (χ0v) is 15.5. The summed E-state index contributed by atoms with van der Waals surface area (Å²) in [6.07, 6.45) is 4.32. The lowest BCUT2D eigenvalue weighted by molar-refractivity contribution is -0.660. The van der Waals surface area contributed by atoms with Gasteiger partial charge in [-0.25, -0.2) is 9.55 Å². The Balaban J connectivity index is 2.02. The number of aromatic nitrogens is 3. The zero-order valence-electron chi connectivity index (χ0n) is 15.5. The highest BCUT2D eigenvalue weighted by Crippen LogP contribution is 2.29. The molecule has 4 aromatic rings.